The van der Waals surface area contributed by atoms with Gasteiger partial charge in [0.15, 0.2) is 0 Å². The Morgan fingerprint density at radius 1 is 0.951 bits per heavy atom. The first-order chi connectivity index (χ1) is 19.9. The summed E-state index contributed by atoms with van der Waals surface area (Å²) in [5, 5.41) is 16.8. The van der Waals surface area contributed by atoms with E-state index in [2.05, 4.69) is 10.4 Å². The summed E-state index contributed by atoms with van der Waals surface area (Å²) in [6, 6.07) is 26.7. The van der Waals surface area contributed by atoms with Crippen LogP contribution in [-0.2, 0) is 22.6 Å². The number of nitrogens with one attached hydrogen (secondary N) is 1. The molecule has 1 heterocycles. The SMILES string of the molecule is Cc1c(CCC(=O)O)cccc1NC(=O)C(c1ccc(Cn2nc(-c3ccccc3)ccc2=O)cc1)C1CCCC1. The molecular weight excluding hydrogens is 514 g/mol. The predicted octanol–water partition coefficient (Wildman–Crippen LogP) is 6.20. The van der Waals surface area contributed by atoms with Gasteiger partial charge in [0.1, 0.15) is 0 Å². The molecule has 1 saturated carbocycles. The average molecular weight is 550 g/mol. The van der Waals surface area contributed by atoms with Crippen LogP contribution in [0, 0.1) is 12.8 Å². The van der Waals surface area contributed by atoms with E-state index in [1.165, 1.54) is 4.68 Å². The van der Waals surface area contributed by atoms with Crippen LogP contribution in [0.4, 0.5) is 5.69 Å². The Kier molecular flexibility index (Phi) is 8.73. The van der Waals surface area contributed by atoms with E-state index in [0.29, 0.717) is 13.0 Å². The molecule has 0 radical (unpaired) electrons. The van der Waals surface area contributed by atoms with Crippen molar-refractivity contribution in [3.63, 3.8) is 0 Å². The molecular formula is C34H35N3O4. The molecule has 1 unspecified atom stereocenters. The lowest BCUT2D eigenvalue weighted by Crippen LogP contribution is -2.27. The number of benzene rings is 3. The van der Waals surface area contributed by atoms with Crippen LogP contribution in [-0.4, -0.2) is 26.8 Å². The van der Waals surface area contributed by atoms with Gasteiger partial charge in [0.2, 0.25) is 5.91 Å². The van der Waals surface area contributed by atoms with E-state index in [-0.39, 0.29) is 29.7 Å². The highest BCUT2D eigenvalue weighted by Gasteiger charge is 2.32. The van der Waals surface area contributed by atoms with Gasteiger partial charge in [0.05, 0.1) is 18.2 Å². The van der Waals surface area contributed by atoms with Gasteiger partial charge < -0.3 is 10.4 Å². The molecule has 41 heavy (non-hydrogen) atoms. The summed E-state index contributed by atoms with van der Waals surface area (Å²) in [5.41, 5.74) is 5.95. The maximum absolute atomic E-state index is 13.8. The third kappa shape index (κ3) is 6.80. The van der Waals surface area contributed by atoms with Crippen molar-refractivity contribution in [1.29, 1.82) is 0 Å². The van der Waals surface area contributed by atoms with Gasteiger partial charge in [-0.2, -0.15) is 5.10 Å². The number of carbonyl (C=O) groups excluding carboxylic acids is 1. The standard InChI is InChI=1S/C34H35N3O4/c1-23-25(18-21-32(39)40)12-7-13-29(23)35-34(41)33(27-10-5-6-11-27)28-16-14-24(15-17-28)22-37-31(38)20-19-30(36-37)26-8-3-2-4-9-26/h2-4,7-9,12-17,19-20,27,33H,5-6,10-11,18,21-22H2,1H3,(H,35,41)(H,39,40). The number of hydrogen-bond acceptors (Lipinski definition) is 4. The van der Waals surface area contributed by atoms with Crippen molar-refractivity contribution >= 4 is 17.6 Å². The van der Waals surface area contributed by atoms with E-state index < -0.39 is 5.97 Å². The summed E-state index contributed by atoms with van der Waals surface area (Å²) in [7, 11) is 0. The fraction of sp³-hybridized carbons (Fsp3) is 0.294. The molecule has 1 fully saturated rings. The van der Waals surface area contributed by atoms with Crippen molar-refractivity contribution in [3.8, 4) is 11.3 Å². The van der Waals surface area contributed by atoms with Crippen LogP contribution in [0.2, 0.25) is 0 Å². The molecule has 0 saturated heterocycles. The highest BCUT2D eigenvalue weighted by Crippen LogP contribution is 2.38. The topological polar surface area (TPSA) is 101 Å². The van der Waals surface area contributed by atoms with E-state index in [1.54, 1.807) is 12.1 Å². The number of aryl methyl sites for hydroxylation is 1. The zero-order valence-corrected chi connectivity index (χ0v) is 23.3. The van der Waals surface area contributed by atoms with Gasteiger partial charge in [-0.1, -0.05) is 79.6 Å². The Labute approximate surface area is 239 Å². The van der Waals surface area contributed by atoms with Crippen molar-refractivity contribution < 1.29 is 14.7 Å². The van der Waals surface area contributed by atoms with Crippen LogP contribution in [0.1, 0.15) is 60.3 Å². The number of hydrogen-bond donors (Lipinski definition) is 2. The lowest BCUT2D eigenvalue weighted by atomic mass is 9.83. The third-order valence-corrected chi connectivity index (χ3v) is 8.07. The molecule has 7 nitrogen and oxygen atoms in total. The molecule has 210 valence electrons. The second-order valence-corrected chi connectivity index (χ2v) is 10.8. The van der Waals surface area contributed by atoms with Crippen molar-refractivity contribution in [3.05, 3.63) is 118 Å². The van der Waals surface area contributed by atoms with Crippen molar-refractivity contribution in [2.75, 3.05) is 5.32 Å². The first-order valence-corrected chi connectivity index (χ1v) is 14.2. The number of aliphatic carboxylic acids is 1. The summed E-state index contributed by atoms with van der Waals surface area (Å²) in [6.07, 6.45) is 4.70. The number of carbonyl (C=O) groups is 2. The number of rotatable bonds is 10. The summed E-state index contributed by atoms with van der Waals surface area (Å²) in [5.74, 6) is -0.927. The molecule has 4 aromatic rings. The Morgan fingerprint density at radius 2 is 1.68 bits per heavy atom. The van der Waals surface area contributed by atoms with E-state index in [4.69, 9.17) is 5.11 Å². The fourth-order valence-corrected chi connectivity index (χ4v) is 5.80. The highest BCUT2D eigenvalue weighted by molar-refractivity contribution is 5.97. The van der Waals surface area contributed by atoms with Crippen LogP contribution in [0.3, 0.4) is 0 Å². The van der Waals surface area contributed by atoms with E-state index in [1.807, 2.05) is 79.7 Å². The van der Waals surface area contributed by atoms with Crippen LogP contribution in [0.25, 0.3) is 11.3 Å². The van der Waals surface area contributed by atoms with Crippen LogP contribution in [0.5, 0.6) is 0 Å². The maximum Gasteiger partial charge on any atom is 0.303 e. The lowest BCUT2D eigenvalue weighted by molar-refractivity contribution is -0.137. The smallest absolute Gasteiger partial charge is 0.303 e. The van der Waals surface area contributed by atoms with Gasteiger partial charge in [-0.25, -0.2) is 4.68 Å². The van der Waals surface area contributed by atoms with Gasteiger partial charge in [0.25, 0.3) is 5.56 Å². The minimum absolute atomic E-state index is 0.0448. The Morgan fingerprint density at radius 3 is 2.39 bits per heavy atom. The molecule has 1 amide bonds. The van der Waals surface area contributed by atoms with Crippen molar-refractivity contribution in [2.24, 2.45) is 5.92 Å². The fourth-order valence-electron chi connectivity index (χ4n) is 5.80. The van der Waals surface area contributed by atoms with Gasteiger partial charge in [-0.3, -0.25) is 14.4 Å². The van der Waals surface area contributed by atoms with Gasteiger partial charge in [0, 0.05) is 23.7 Å². The summed E-state index contributed by atoms with van der Waals surface area (Å²) in [4.78, 5) is 37.4. The predicted molar refractivity (Wildman–Crippen MR) is 160 cm³/mol. The minimum atomic E-state index is -0.840. The molecule has 3 aromatic carbocycles. The number of carboxylic acids is 1. The molecule has 2 N–H and O–H groups in total. The average Bonchev–Trinajstić information content (AvgIpc) is 3.50. The Bertz CT molecular complexity index is 1570. The molecule has 1 atom stereocenters. The normalized spacial score (nSPS) is 14.1. The van der Waals surface area contributed by atoms with E-state index in [9.17, 15) is 14.4 Å². The van der Waals surface area contributed by atoms with Crippen molar-refractivity contribution in [2.45, 2.75) is 57.9 Å². The maximum atomic E-state index is 13.8. The number of amides is 1. The first kappa shape index (κ1) is 28.0. The van der Waals surface area contributed by atoms with Gasteiger partial charge in [-0.15, -0.1) is 0 Å². The van der Waals surface area contributed by atoms with E-state index >= 15 is 0 Å². The van der Waals surface area contributed by atoms with E-state index in [0.717, 1.165) is 64.9 Å². The third-order valence-electron chi connectivity index (χ3n) is 8.07. The monoisotopic (exact) mass is 549 g/mol. The molecule has 0 aliphatic heterocycles. The second-order valence-electron chi connectivity index (χ2n) is 10.8. The van der Waals surface area contributed by atoms with Gasteiger partial charge in [-0.05, 0) is 66.5 Å². The van der Waals surface area contributed by atoms with Crippen LogP contribution >= 0.6 is 0 Å². The summed E-state index contributed by atoms with van der Waals surface area (Å²) < 4.78 is 1.47. The van der Waals surface area contributed by atoms with Crippen LogP contribution < -0.4 is 10.9 Å². The van der Waals surface area contributed by atoms with Crippen LogP contribution in [0.15, 0.2) is 89.7 Å². The summed E-state index contributed by atoms with van der Waals surface area (Å²) >= 11 is 0. The summed E-state index contributed by atoms with van der Waals surface area (Å²) in [6.45, 7) is 2.26. The Balaban J connectivity index is 1.35. The molecule has 7 heteroatoms. The number of aromatic nitrogens is 2. The minimum Gasteiger partial charge on any atom is -0.481 e. The number of anilines is 1. The molecule has 0 spiro atoms. The molecule has 5 rings (SSSR count). The molecule has 1 aliphatic carbocycles. The molecule has 1 aromatic heterocycles. The zero-order valence-electron chi connectivity index (χ0n) is 23.3. The number of nitrogens with zero attached hydrogens (tertiary/aromatic N) is 2. The Hall–Kier alpha value is -4.52. The lowest BCUT2D eigenvalue weighted by Gasteiger charge is -2.24. The molecule has 0 bridgehead atoms. The first-order valence-electron chi connectivity index (χ1n) is 14.2. The molecule has 1 aliphatic rings. The number of carboxylic acid groups (broad SMARTS) is 1. The van der Waals surface area contributed by atoms with Gasteiger partial charge >= 0.3 is 5.97 Å². The zero-order chi connectivity index (χ0) is 28.8. The second kappa shape index (κ2) is 12.8. The quantitative estimate of drug-likeness (QED) is 0.245. The largest absolute Gasteiger partial charge is 0.481 e. The van der Waals surface area contributed by atoms with Crippen molar-refractivity contribution in [1.82, 2.24) is 9.78 Å². The highest BCUT2D eigenvalue weighted by atomic mass is 16.4.